The SMILES string of the molecule is CCOc1cc(C2NC(=O)c3c2c2ccccc2n3CC)cc(Cl)c1O. The number of rotatable bonds is 4. The second-order valence-corrected chi connectivity index (χ2v) is 6.62. The summed E-state index contributed by atoms with van der Waals surface area (Å²) in [5.41, 5.74) is 3.44. The van der Waals surface area contributed by atoms with Crippen LogP contribution in [0, 0.1) is 0 Å². The normalized spacial score (nSPS) is 16.0. The number of halogens is 1. The minimum absolute atomic E-state index is 0.0854. The number of aryl methyl sites for hydroxylation is 1. The molecule has 1 aliphatic heterocycles. The molecule has 1 atom stereocenters. The highest BCUT2D eigenvalue weighted by Gasteiger charge is 2.36. The molecule has 1 aliphatic rings. The maximum Gasteiger partial charge on any atom is 0.269 e. The fourth-order valence-corrected chi connectivity index (χ4v) is 3.96. The van der Waals surface area contributed by atoms with E-state index in [1.54, 1.807) is 12.1 Å². The fraction of sp³-hybridized carbons (Fsp3) is 0.250. The third-order valence-corrected chi connectivity index (χ3v) is 5.08. The van der Waals surface area contributed by atoms with Gasteiger partial charge < -0.3 is 19.7 Å². The van der Waals surface area contributed by atoms with E-state index in [0.717, 1.165) is 22.0 Å². The van der Waals surface area contributed by atoms with Crippen molar-refractivity contribution in [3.8, 4) is 11.5 Å². The molecule has 0 spiro atoms. The number of carbonyl (C=O) groups excluding carboxylic acids is 1. The Morgan fingerprint density at radius 3 is 2.77 bits per heavy atom. The first-order valence-corrected chi connectivity index (χ1v) is 9.01. The van der Waals surface area contributed by atoms with Crippen LogP contribution in [0.4, 0.5) is 0 Å². The van der Waals surface area contributed by atoms with Crippen LogP contribution in [-0.2, 0) is 6.54 Å². The molecule has 0 fully saturated rings. The first-order chi connectivity index (χ1) is 12.6. The van der Waals surface area contributed by atoms with Gasteiger partial charge in [-0.1, -0.05) is 29.8 Å². The Kier molecular flexibility index (Phi) is 4.04. The number of carbonyl (C=O) groups is 1. The molecule has 4 rings (SSSR count). The second kappa shape index (κ2) is 6.25. The Labute approximate surface area is 156 Å². The number of aromatic hydroxyl groups is 1. The molecule has 2 aromatic carbocycles. The number of ether oxygens (including phenoxy) is 1. The molecule has 0 saturated carbocycles. The van der Waals surface area contributed by atoms with E-state index in [0.29, 0.717) is 24.6 Å². The maximum atomic E-state index is 12.7. The molecule has 0 aliphatic carbocycles. The van der Waals surface area contributed by atoms with Crippen molar-refractivity contribution in [2.75, 3.05) is 6.61 Å². The number of para-hydroxylation sites is 1. The molecule has 134 valence electrons. The van der Waals surface area contributed by atoms with Crippen molar-refractivity contribution in [1.82, 2.24) is 9.88 Å². The largest absolute Gasteiger partial charge is 0.503 e. The van der Waals surface area contributed by atoms with E-state index in [1.807, 2.05) is 42.7 Å². The molecule has 26 heavy (non-hydrogen) atoms. The third kappa shape index (κ3) is 2.35. The Balaban J connectivity index is 1.94. The molecule has 0 bridgehead atoms. The quantitative estimate of drug-likeness (QED) is 0.721. The van der Waals surface area contributed by atoms with Gasteiger partial charge in [0.15, 0.2) is 11.5 Å². The summed E-state index contributed by atoms with van der Waals surface area (Å²) in [5.74, 6) is 0.125. The van der Waals surface area contributed by atoms with Gasteiger partial charge in [0.05, 0.1) is 17.7 Å². The van der Waals surface area contributed by atoms with Crippen molar-refractivity contribution < 1.29 is 14.6 Å². The number of phenolic OH excluding ortho intramolecular Hbond substituents is 1. The van der Waals surface area contributed by atoms with Gasteiger partial charge in [-0.3, -0.25) is 4.79 Å². The van der Waals surface area contributed by atoms with Crippen LogP contribution in [0.2, 0.25) is 5.02 Å². The first-order valence-electron chi connectivity index (χ1n) is 8.64. The van der Waals surface area contributed by atoms with Crippen LogP contribution in [0.3, 0.4) is 0 Å². The van der Waals surface area contributed by atoms with E-state index >= 15 is 0 Å². The van der Waals surface area contributed by atoms with Crippen LogP contribution < -0.4 is 10.1 Å². The highest BCUT2D eigenvalue weighted by atomic mass is 35.5. The molecule has 1 amide bonds. The van der Waals surface area contributed by atoms with Gasteiger partial charge in [-0.05, 0) is 37.6 Å². The number of nitrogens with zero attached hydrogens (tertiary/aromatic N) is 1. The van der Waals surface area contributed by atoms with E-state index in [2.05, 4.69) is 5.32 Å². The van der Waals surface area contributed by atoms with E-state index < -0.39 is 0 Å². The topological polar surface area (TPSA) is 63.5 Å². The van der Waals surface area contributed by atoms with Crippen molar-refractivity contribution in [3.05, 3.63) is 58.2 Å². The Hall–Kier alpha value is -2.66. The molecule has 0 radical (unpaired) electrons. The number of fused-ring (bicyclic) bond motifs is 3. The summed E-state index contributed by atoms with van der Waals surface area (Å²) in [6.45, 7) is 4.98. The zero-order valence-electron chi connectivity index (χ0n) is 14.5. The highest BCUT2D eigenvalue weighted by molar-refractivity contribution is 6.32. The molecule has 1 aromatic heterocycles. The molecule has 0 saturated heterocycles. The van der Waals surface area contributed by atoms with Crippen LogP contribution in [0.25, 0.3) is 10.9 Å². The number of aromatic nitrogens is 1. The lowest BCUT2D eigenvalue weighted by molar-refractivity contribution is 0.0952. The van der Waals surface area contributed by atoms with Gasteiger partial charge in [0.1, 0.15) is 5.69 Å². The summed E-state index contributed by atoms with van der Waals surface area (Å²) in [4.78, 5) is 12.7. The Morgan fingerprint density at radius 1 is 1.27 bits per heavy atom. The number of nitrogens with one attached hydrogen (secondary N) is 1. The third-order valence-electron chi connectivity index (χ3n) is 4.79. The average Bonchev–Trinajstić information content (AvgIpc) is 3.14. The van der Waals surface area contributed by atoms with E-state index in [1.165, 1.54) is 0 Å². The van der Waals surface area contributed by atoms with Crippen molar-refractivity contribution in [3.63, 3.8) is 0 Å². The summed E-state index contributed by atoms with van der Waals surface area (Å²) in [5, 5.41) is 14.4. The molecule has 2 heterocycles. The highest BCUT2D eigenvalue weighted by Crippen LogP contribution is 2.43. The van der Waals surface area contributed by atoms with Crippen LogP contribution in [-0.4, -0.2) is 22.2 Å². The molecular weight excluding hydrogens is 352 g/mol. The number of amides is 1. The van der Waals surface area contributed by atoms with Gasteiger partial charge >= 0.3 is 0 Å². The molecule has 5 nitrogen and oxygen atoms in total. The summed E-state index contributed by atoms with van der Waals surface area (Å²) in [6, 6.07) is 11.1. The number of hydrogen-bond acceptors (Lipinski definition) is 3. The predicted octanol–water partition coefficient (Wildman–Crippen LogP) is 4.25. The second-order valence-electron chi connectivity index (χ2n) is 6.21. The van der Waals surface area contributed by atoms with Gasteiger partial charge in [-0.15, -0.1) is 0 Å². The average molecular weight is 371 g/mol. The van der Waals surface area contributed by atoms with Crippen molar-refractivity contribution >= 4 is 28.4 Å². The fourth-order valence-electron chi connectivity index (χ4n) is 3.74. The minimum atomic E-state index is -0.340. The number of phenols is 1. The van der Waals surface area contributed by atoms with E-state index in [-0.39, 0.29) is 22.7 Å². The lowest BCUT2D eigenvalue weighted by Crippen LogP contribution is -2.22. The number of benzene rings is 2. The van der Waals surface area contributed by atoms with Gasteiger partial charge in [0, 0.05) is 23.0 Å². The molecule has 3 aromatic rings. The van der Waals surface area contributed by atoms with Crippen molar-refractivity contribution in [2.24, 2.45) is 0 Å². The molecule has 2 N–H and O–H groups in total. The minimum Gasteiger partial charge on any atom is -0.503 e. The van der Waals surface area contributed by atoms with Gasteiger partial charge in [0.2, 0.25) is 0 Å². The number of hydrogen-bond donors (Lipinski definition) is 2. The van der Waals surface area contributed by atoms with Crippen molar-refractivity contribution in [1.29, 1.82) is 0 Å². The first kappa shape index (κ1) is 16.8. The maximum absolute atomic E-state index is 12.7. The van der Waals surface area contributed by atoms with E-state index in [9.17, 15) is 9.90 Å². The zero-order valence-corrected chi connectivity index (χ0v) is 15.3. The molecule has 1 unspecified atom stereocenters. The molecule has 6 heteroatoms. The smallest absolute Gasteiger partial charge is 0.269 e. The molecular formula is C20H19ClN2O3. The standard InChI is InChI=1S/C20H19ClN2O3/c1-3-23-14-8-6-5-7-12(14)16-17(22-20(25)18(16)23)11-9-13(21)19(24)15(10-11)26-4-2/h5-10,17,24H,3-4H2,1-2H3,(H,22,25). The summed E-state index contributed by atoms with van der Waals surface area (Å²) in [6.07, 6.45) is 0. The Bertz CT molecular complexity index is 1030. The lowest BCUT2D eigenvalue weighted by atomic mass is 9.98. The predicted molar refractivity (Wildman–Crippen MR) is 101 cm³/mol. The Morgan fingerprint density at radius 2 is 2.04 bits per heavy atom. The lowest BCUT2D eigenvalue weighted by Gasteiger charge is -2.16. The summed E-state index contributed by atoms with van der Waals surface area (Å²) >= 11 is 6.20. The summed E-state index contributed by atoms with van der Waals surface area (Å²) < 4.78 is 7.53. The van der Waals surface area contributed by atoms with E-state index in [4.69, 9.17) is 16.3 Å². The van der Waals surface area contributed by atoms with Gasteiger partial charge in [-0.2, -0.15) is 0 Å². The monoisotopic (exact) mass is 370 g/mol. The summed E-state index contributed by atoms with van der Waals surface area (Å²) in [7, 11) is 0. The van der Waals surface area contributed by atoms with Crippen LogP contribution in [0.15, 0.2) is 36.4 Å². The van der Waals surface area contributed by atoms with Crippen LogP contribution in [0.5, 0.6) is 11.5 Å². The van der Waals surface area contributed by atoms with Gasteiger partial charge in [-0.25, -0.2) is 0 Å². The van der Waals surface area contributed by atoms with Gasteiger partial charge in [0.25, 0.3) is 5.91 Å². The zero-order chi connectivity index (χ0) is 18.4. The van der Waals surface area contributed by atoms with Crippen molar-refractivity contribution in [2.45, 2.75) is 26.4 Å². The van der Waals surface area contributed by atoms with Crippen LogP contribution >= 0.6 is 11.6 Å². The van der Waals surface area contributed by atoms with Crippen LogP contribution in [0.1, 0.15) is 41.5 Å².